The van der Waals surface area contributed by atoms with E-state index in [9.17, 15) is 0 Å². The maximum absolute atomic E-state index is 6.01. The summed E-state index contributed by atoms with van der Waals surface area (Å²) in [5, 5.41) is 0. The molecule has 1 rings (SSSR count). The van der Waals surface area contributed by atoms with Crippen molar-refractivity contribution in [2.75, 3.05) is 13.2 Å². The van der Waals surface area contributed by atoms with E-state index in [1.165, 1.54) is 32.1 Å². The summed E-state index contributed by atoms with van der Waals surface area (Å²) < 4.78 is 5.32. The second kappa shape index (κ2) is 5.55. The van der Waals surface area contributed by atoms with Crippen LogP contribution in [0.4, 0.5) is 0 Å². The maximum atomic E-state index is 6.01. The quantitative estimate of drug-likeness (QED) is 0.701. The fourth-order valence-corrected chi connectivity index (χ4v) is 1.95. The van der Waals surface area contributed by atoms with Crippen molar-refractivity contribution in [2.45, 2.75) is 45.1 Å². The highest BCUT2D eigenvalue weighted by Gasteiger charge is 2.19. The van der Waals surface area contributed by atoms with E-state index in [2.05, 4.69) is 0 Å². The minimum atomic E-state index is 0.283. The van der Waals surface area contributed by atoms with Gasteiger partial charge in [-0.3, -0.25) is 0 Å². The molecule has 0 aromatic heterocycles. The molecule has 0 spiro atoms. The van der Waals surface area contributed by atoms with Gasteiger partial charge < -0.3 is 10.5 Å². The normalized spacial score (nSPS) is 22.5. The van der Waals surface area contributed by atoms with Crippen molar-refractivity contribution >= 4 is 0 Å². The highest BCUT2D eigenvalue weighted by molar-refractivity contribution is 4.75. The van der Waals surface area contributed by atoms with E-state index < -0.39 is 0 Å². The second-order valence-corrected chi connectivity index (χ2v) is 3.72. The summed E-state index contributed by atoms with van der Waals surface area (Å²) in [6, 6.07) is 0.283. The lowest BCUT2D eigenvalue weighted by atomic mass is 9.84. The van der Waals surface area contributed by atoms with Gasteiger partial charge in [0, 0.05) is 12.6 Å². The van der Waals surface area contributed by atoms with E-state index in [-0.39, 0.29) is 6.04 Å². The zero-order valence-electron chi connectivity index (χ0n) is 8.09. The molecular formula is C10H21NO. The Morgan fingerprint density at radius 2 is 2.00 bits per heavy atom. The molecule has 1 atom stereocenters. The first-order chi connectivity index (χ1) is 5.84. The van der Waals surface area contributed by atoms with Crippen LogP contribution in [-0.2, 0) is 4.74 Å². The summed E-state index contributed by atoms with van der Waals surface area (Å²) in [6.07, 6.45) is 6.76. The third-order valence-electron chi connectivity index (χ3n) is 2.77. The van der Waals surface area contributed by atoms with Crippen LogP contribution in [0.15, 0.2) is 0 Å². The number of ether oxygens (including phenoxy) is 1. The number of nitrogens with two attached hydrogens (primary N) is 1. The van der Waals surface area contributed by atoms with Crippen LogP contribution in [0.1, 0.15) is 39.0 Å². The SMILES string of the molecule is CCOC[C@@H](N)C1CCCCC1. The summed E-state index contributed by atoms with van der Waals surface area (Å²) in [5.41, 5.74) is 6.01. The average molecular weight is 171 g/mol. The molecule has 1 fully saturated rings. The van der Waals surface area contributed by atoms with Crippen LogP contribution in [0.5, 0.6) is 0 Å². The van der Waals surface area contributed by atoms with Gasteiger partial charge in [0.2, 0.25) is 0 Å². The molecule has 0 heterocycles. The molecule has 1 saturated carbocycles. The van der Waals surface area contributed by atoms with Crippen LogP contribution < -0.4 is 5.73 Å². The standard InChI is InChI=1S/C10H21NO/c1-2-12-8-10(11)9-6-4-3-5-7-9/h9-10H,2-8,11H2,1H3/t10-/m1/s1. The summed E-state index contributed by atoms with van der Waals surface area (Å²) in [6.45, 7) is 3.56. The molecule has 0 aliphatic heterocycles. The molecular weight excluding hydrogens is 150 g/mol. The predicted octanol–water partition coefficient (Wildman–Crippen LogP) is 1.93. The molecule has 2 nitrogen and oxygen atoms in total. The van der Waals surface area contributed by atoms with Crippen LogP contribution in [-0.4, -0.2) is 19.3 Å². The smallest absolute Gasteiger partial charge is 0.0620 e. The van der Waals surface area contributed by atoms with Crippen molar-refractivity contribution in [2.24, 2.45) is 11.7 Å². The van der Waals surface area contributed by atoms with Gasteiger partial charge in [-0.1, -0.05) is 19.3 Å². The Labute approximate surface area is 75.5 Å². The summed E-state index contributed by atoms with van der Waals surface area (Å²) in [7, 11) is 0. The lowest BCUT2D eigenvalue weighted by Gasteiger charge is -2.27. The summed E-state index contributed by atoms with van der Waals surface area (Å²) in [5.74, 6) is 0.727. The maximum Gasteiger partial charge on any atom is 0.0620 e. The Kier molecular flexibility index (Phi) is 4.62. The summed E-state index contributed by atoms with van der Waals surface area (Å²) in [4.78, 5) is 0. The minimum absolute atomic E-state index is 0.283. The van der Waals surface area contributed by atoms with Gasteiger partial charge in [0.1, 0.15) is 0 Å². The molecule has 0 bridgehead atoms. The van der Waals surface area contributed by atoms with E-state index in [0.717, 1.165) is 19.1 Å². The zero-order chi connectivity index (χ0) is 8.81. The summed E-state index contributed by atoms with van der Waals surface area (Å²) >= 11 is 0. The van der Waals surface area contributed by atoms with Gasteiger partial charge in [-0.05, 0) is 25.7 Å². The third-order valence-corrected chi connectivity index (χ3v) is 2.77. The van der Waals surface area contributed by atoms with Crippen molar-refractivity contribution < 1.29 is 4.74 Å². The Hall–Kier alpha value is -0.0800. The fraction of sp³-hybridized carbons (Fsp3) is 1.00. The first kappa shape index (κ1) is 10.0. The van der Waals surface area contributed by atoms with E-state index >= 15 is 0 Å². The second-order valence-electron chi connectivity index (χ2n) is 3.72. The van der Waals surface area contributed by atoms with Crippen LogP contribution >= 0.6 is 0 Å². The molecule has 2 heteroatoms. The van der Waals surface area contributed by atoms with E-state index in [4.69, 9.17) is 10.5 Å². The number of hydrogen-bond acceptors (Lipinski definition) is 2. The minimum Gasteiger partial charge on any atom is -0.380 e. The Balaban J connectivity index is 2.15. The van der Waals surface area contributed by atoms with Crippen molar-refractivity contribution in [3.63, 3.8) is 0 Å². The predicted molar refractivity (Wildman–Crippen MR) is 51.0 cm³/mol. The van der Waals surface area contributed by atoms with Crippen molar-refractivity contribution in [3.05, 3.63) is 0 Å². The van der Waals surface area contributed by atoms with Gasteiger partial charge in [0.15, 0.2) is 0 Å². The molecule has 0 unspecified atom stereocenters. The van der Waals surface area contributed by atoms with Crippen molar-refractivity contribution in [1.29, 1.82) is 0 Å². The van der Waals surface area contributed by atoms with Gasteiger partial charge in [-0.2, -0.15) is 0 Å². The van der Waals surface area contributed by atoms with Gasteiger partial charge in [0.25, 0.3) is 0 Å². The molecule has 72 valence electrons. The molecule has 2 N–H and O–H groups in total. The van der Waals surface area contributed by atoms with Gasteiger partial charge in [-0.15, -0.1) is 0 Å². The highest BCUT2D eigenvalue weighted by atomic mass is 16.5. The highest BCUT2D eigenvalue weighted by Crippen LogP contribution is 2.25. The topological polar surface area (TPSA) is 35.2 Å². The molecule has 12 heavy (non-hydrogen) atoms. The Morgan fingerprint density at radius 1 is 1.33 bits per heavy atom. The molecule has 0 aromatic carbocycles. The van der Waals surface area contributed by atoms with E-state index in [1.54, 1.807) is 0 Å². The molecule has 0 amide bonds. The largest absolute Gasteiger partial charge is 0.380 e. The van der Waals surface area contributed by atoms with E-state index in [1.807, 2.05) is 6.92 Å². The molecule has 0 radical (unpaired) electrons. The number of rotatable bonds is 4. The van der Waals surface area contributed by atoms with E-state index in [0.29, 0.717) is 0 Å². The third kappa shape index (κ3) is 3.11. The van der Waals surface area contributed by atoms with Crippen LogP contribution in [0, 0.1) is 5.92 Å². The molecule has 1 aliphatic rings. The number of hydrogen-bond donors (Lipinski definition) is 1. The van der Waals surface area contributed by atoms with Gasteiger partial charge in [-0.25, -0.2) is 0 Å². The lowest BCUT2D eigenvalue weighted by molar-refractivity contribution is 0.107. The first-order valence-corrected chi connectivity index (χ1v) is 5.18. The van der Waals surface area contributed by atoms with Crippen LogP contribution in [0.2, 0.25) is 0 Å². The Morgan fingerprint density at radius 3 is 2.58 bits per heavy atom. The average Bonchev–Trinajstić information content (AvgIpc) is 2.15. The van der Waals surface area contributed by atoms with Crippen molar-refractivity contribution in [3.8, 4) is 0 Å². The van der Waals surface area contributed by atoms with Crippen LogP contribution in [0.3, 0.4) is 0 Å². The zero-order valence-corrected chi connectivity index (χ0v) is 8.09. The molecule has 0 aromatic rings. The first-order valence-electron chi connectivity index (χ1n) is 5.18. The van der Waals surface area contributed by atoms with Gasteiger partial charge >= 0.3 is 0 Å². The van der Waals surface area contributed by atoms with Gasteiger partial charge in [0.05, 0.1) is 6.61 Å². The van der Waals surface area contributed by atoms with Crippen LogP contribution in [0.25, 0.3) is 0 Å². The lowest BCUT2D eigenvalue weighted by Crippen LogP contribution is -2.35. The molecule has 0 saturated heterocycles. The molecule has 1 aliphatic carbocycles. The monoisotopic (exact) mass is 171 g/mol. The Bertz CT molecular complexity index is 110. The van der Waals surface area contributed by atoms with Crippen molar-refractivity contribution in [1.82, 2.24) is 0 Å². The fourth-order valence-electron chi connectivity index (χ4n) is 1.95.